The Morgan fingerprint density at radius 3 is 2.90 bits per heavy atom. The fraction of sp³-hybridized carbons (Fsp3) is 0.765. The summed E-state index contributed by atoms with van der Waals surface area (Å²) in [6.45, 7) is 5.72. The number of hydrogen-bond acceptors (Lipinski definition) is 3. The van der Waals surface area contributed by atoms with Crippen molar-refractivity contribution in [3.05, 3.63) is 21.9 Å². The highest BCUT2D eigenvalue weighted by Gasteiger charge is 2.32. The second-order valence-electron chi connectivity index (χ2n) is 6.78. The number of hydrogen-bond donors (Lipinski definition) is 1. The Morgan fingerprint density at radius 2 is 2.15 bits per heavy atom. The maximum atomic E-state index is 6.13. The Kier molecular flexibility index (Phi) is 4.49. The van der Waals surface area contributed by atoms with Crippen LogP contribution in [-0.4, -0.2) is 24.5 Å². The number of rotatable bonds is 4. The molecule has 1 unspecified atom stereocenters. The minimum atomic E-state index is 0.451. The fourth-order valence-corrected chi connectivity index (χ4v) is 5.07. The molecule has 3 rings (SSSR count). The van der Waals surface area contributed by atoms with Gasteiger partial charge in [0.05, 0.1) is 0 Å². The van der Waals surface area contributed by atoms with Gasteiger partial charge in [-0.1, -0.05) is 19.3 Å². The summed E-state index contributed by atoms with van der Waals surface area (Å²) in [5.41, 5.74) is 8.16. The van der Waals surface area contributed by atoms with Crippen LogP contribution in [-0.2, 0) is 6.42 Å². The summed E-state index contributed by atoms with van der Waals surface area (Å²) < 4.78 is 0. The van der Waals surface area contributed by atoms with Gasteiger partial charge in [0.2, 0.25) is 0 Å². The summed E-state index contributed by atoms with van der Waals surface area (Å²) in [5, 5.41) is 2.26. The zero-order valence-electron chi connectivity index (χ0n) is 12.7. The summed E-state index contributed by atoms with van der Waals surface area (Å²) in [6.07, 6.45) is 9.45. The van der Waals surface area contributed by atoms with Crippen molar-refractivity contribution < 1.29 is 0 Å². The third kappa shape index (κ3) is 2.81. The van der Waals surface area contributed by atoms with Crippen LogP contribution < -0.4 is 5.73 Å². The normalized spacial score (nSPS) is 26.4. The van der Waals surface area contributed by atoms with Crippen LogP contribution in [0.4, 0.5) is 0 Å². The van der Waals surface area contributed by atoms with E-state index in [9.17, 15) is 0 Å². The van der Waals surface area contributed by atoms with Gasteiger partial charge in [-0.2, -0.15) is 0 Å². The zero-order chi connectivity index (χ0) is 14.0. The number of nitrogens with zero attached hydrogens (tertiary/aromatic N) is 1. The molecule has 20 heavy (non-hydrogen) atoms. The monoisotopic (exact) mass is 292 g/mol. The molecule has 1 atom stereocenters. The van der Waals surface area contributed by atoms with Gasteiger partial charge in [-0.05, 0) is 68.1 Å². The van der Waals surface area contributed by atoms with Crippen molar-refractivity contribution in [2.45, 2.75) is 57.9 Å². The lowest BCUT2D eigenvalue weighted by Gasteiger charge is -2.40. The molecule has 1 aliphatic carbocycles. The van der Waals surface area contributed by atoms with Gasteiger partial charge in [0, 0.05) is 17.5 Å². The van der Waals surface area contributed by atoms with Gasteiger partial charge in [0.15, 0.2) is 0 Å². The van der Waals surface area contributed by atoms with Crippen molar-refractivity contribution in [3.8, 4) is 0 Å². The Hall–Kier alpha value is -0.380. The maximum absolute atomic E-state index is 6.13. The first kappa shape index (κ1) is 14.6. The molecule has 1 aromatic rings. The molecule has 0 radical (unpaired) electrons. The van der Waals surface area contributed by atoms with Crippen molar-refractivity contribution >= 4 is 11.3 Å². The van der Waals surface area contributed by atoms with Crippen LogP contribution >= 0.6 is 11.3 Å². The van der Waals surface area contributed by atoms with Crippen LogP contribution in [0, 0.1) is 5.41 Å². The summed E-state index contributed by atoms with van der Waals surface area (Å²) in [7, 11) is 0. The number of nitrogens with two attached hydrogens (primary N) is 1. The van der Waals surface area contributed by atoms with Gasteiger partial charge in [0.1, 0.15) is 0 Å². The molecular formula is C17H28N2S. The van der Waals surface area contributed by atoms with Crippen LogP contribution in [0.15, 0.2) is 11.4 Å². The first-order valence-electron chi connectivity index (χ1n) is 8.24. The van der Waals surface area contributed by atoms with Crippen LogP contribution in [0.5, 0.6) is 0 Å². The first-order chi connectivity index (χ1) is 9.74. The van der Waals surface area contributed by atoms with E-state index in [0.29, 0.717) is 11.5 Å². The van der Waals surface area contributed by atoms with E-state index < -0.39 is 0 Å². The van der Waals surface area contributed by atoms with Crippen molar-refractivity contribution in [1.29, 1.82) is 0 Å². The standard InChI is InChI=1S/C17H28N2S/c1-14-15-6-12-20-16(15)5-10-19(14)11-9-17(13-18)7-3-2-4-8-17/h6,12,14H,2-5,7-11,13,18H2,1H3. The quantitative estimate of drug-likeness (QED) is 0.910. The number of fused-ring (bicyclic) bond motifs is 1. The summed E-state index contributed by atoms with van der Waals surface area (Å²) in [5.74, 6) is 0. The molecule has 1 saturated carbocycles. The van der Waals surface area contributed by atoms with Gasteiger partial charge in [-0.15, -0.1) is 11.3 Å². The molecular weight excluding hydrogens is 264 g/mol. The third-order valence-electron chi connectivity index (χ3n) is 5.68. The highest BCUT2D eigenvalue weighted by Crippen LogP contribution is 2.40. The molecule has 0 spiro atoms. The van der Waals surface area contributed by atoms with Crippen molar-refractivity contribution in [3.63, 3.8) is 0 Å². The predicted molar refractivity (Wildman–Crippen MR) is 87.2 cm³/mol. The second-order valence-corrected chi connectivity index (χ2v) is 7.78. The fourth-order valence-electron chi connectivity index (χ4n) is 4.11. The molecule has 112 valence electrons. The van der Waals surface area contributed by atoms with Crippen molar-refractivity contribution in [1.82, 2.24) is 4.90 Å². The Balaban J connectivity index is 1.61. The van der Waals surface area contributed by atoms with E-state index >= 15 is 0 Å². The van der Waals surface area contributed by atoms with E-state index in [4.69, 9.17) is 5.73 Å². The molecule has 0 aromatic carbocycles. The van der Waals surface area contributed by atoms with Gasteiger partial charge in [-0.3, -0.25) is 4.90 Å². The lowest BCUT2D eigenvalue weighted by Crippen LogP contribution is -2.40. The average molecular weight is 292 g/mol. The molecule has 0 bridgehead atoms. The van der Waals surface area contributed by atoms with Crippen LogP contribution in [0.25, 0.3) is 0 Å². The minimum Gasteiger partial charge on any atom is -0.330 e. The molecule has 2 N–H and O–H groups in total. The van der Waals surface area contributed by atoms with E-state index in [1.165, 1.54) is 58.0 Å². The van der Waals surface area contributed by atoms with Crippen LogP contribution in [0.1, 0.15) is 61.9 Å². The maximum Gasteiger partial charge on any atom is 0.0331 e. The minimum absolute atomic E-state index is 0.451. The van der Waals surface area contributed by atoms with E-state index in [0.717, 1.165) is 6.54 Å². The predicted octanol–water partition coefficient (Wildman–Crippen LogP) is 3.97. The molecule has 3 heteroatoms. The van der Waals surface area contributed by atoms with Crippen molar-refractivity contribution in [2.24, 2.45) is 11.1 Å². The number of thiophene rings is 1. The summed E-state index contributed by atoms with van der Waals surface area (Å²) in [4.78, 5) is 4.29. The van der Waals surface area contributed by atoms with Crippen LogP contribution in [0.3, 0.4) is 0 Å². The van der Waals surface area contributed by atoms with Gasteiger partial charge in [-0.25, -0.2) is 0 Å². The highest BCUT2D eigenvalue weighted by atomic mass is 32.1. The molecule has 0 saturated heterocycles. The SMILES string of the molecule is CC1c2ccsc2CCN1CCC1(CN)CCCCC1. The smallest absolute Gasteiger partial charge is 0.0331 e. The van der Waals surface area contributed by atoms with Gasteiger partial charge >= 0.3 is 0 Å². The molecule has 0 amide bonds. The molecule has 2 heterocycles. The molecule has 1 aromatic heterocycles. The van der Waals surface area contributed by atoms with E-state index in [2.05, 4.69) is 23.3 Å². The van der Waals surface area contributed by atoms with Gasteiger partial charge in [0.25, 0.3) is 0 Å². The molecule has 1 fully saturated rings. The van der Waals surface area contributed by atoms with Crippen molar-refractivity contribution in [2.75, 3.05) is 19.6 Å². The largest absolute Gasteiger partial charge is 0.330 e. The zero-order valence-corrected chi connectivity index (χ0v) is 13.6. The highest BCUT2D eigenvalue weighted by molar-refractivity contribution is 7.10. The topological polar surface area (TPSA) is 29.3 Å². The first-order valence-corrected chi connectivity index (χ1v) is 9.12. The van der Waals surface area contributed by atoms with E-state index in [1.807, 2.05) is 11.3 Å². The molecule has 2 nitrogen and oxygen atoms in total. The summed E-state index contributed by atoms with van der Waals surface area (Å²) >= 11 is 1.93. The van der Waals surface area contributed by atoms with E-state index in [-0.39, 0.29) is 0 Å². The second kappa shape index (κ2) is 6.17. The lowest BCUT2D eigenvalue weighted by molar-refractivity contribution is 0.123. The Bertz CT molecular complexity index is 434. The third-order valence-corrected chi connectivity index (χ3v) is 6.68. The van der Waals surface area contributed by atoms with Gasteiger partial charge < -0.3 is 5.73 Å². The average Bonchev–Trinajstić information content (AvgIpc) is 2.97. The lowest BCUT2D eigenvalue weighted by atomic mass is 9.71. The molecule has 1 aliphatic heterocycles. The summed E-state index contributed by atoms with van der Waals surface area (Å²) in [6, 6.07) is 2.93. The van der Waals surface area contributed by atoms with E-state index in [1.54, 1.807) is 10.4 Å². The van der Waals surface area contributed by atoms with Crippen LogP contribution in [0.2, 0.25) is 0 Å². The Morgan fingerprint density at radius 1 is 1.35 bits per heavy atom. The molecule has 2 aliphatic rings. The Labute approximate surface area is 127 Å².